The first kappa shape index (κ1) is 16.1. The molecule has 1 N–H and O–H groups in total. The number of carbonyl (C=O) groups is 1. The lowest BCUT2D eigenvalue weighted by molar-refractivity contribution is 0.152. The van der Waals surface area contributed by atoms with E-state index >= 15 is 0 Å². The Kier molecular flexibility index (Phi) is 4.44. The van der Waals surface area contributed by atoms with Crippen molar-refractivity contribution in [2.75, 3.05) is 26.3 Å². The minimum Gasteiger partial charge on any atom is -0.381 e. The molecule has 0 saturated carbocycles. The van der Waals surface area contributed by atoms with E-state index in [0.717, 1.165) is 44.7 Å². The number of rotatable bonds is 4. The second-order valence-corrected chi connectivity index (χ2v) is 7.11. The first-order valence-corrected chi connectivity index (χ1v) is 8.89. The van der Waals surface area contributed by atoms with E-state index in [2.05, 4.69) is 22.5 Å². The molecule has 6 heteroatoms. The number of likely N-dealkylation sites (tertiary alicyclic amines) is 1. The van der Waals surface area contributed by atoms with E-state index in [0.29, 0.717) is 13.1 Å². The van der Waals surface area contributed by atoms with Gasteiger partial charge in [0.15, 0.2) is 0 Å². The highest BCUT2D eigenvalue weighted by Crippen LogP contribution is 2.38. The van der Waals surface area contributed by atoms with E-state index in [-0.39, 0.29) is 11.4 Å². The van der Waals surface area contributed by atoms with Gasteiger partial charge < -0.3 is 15.0 Å². The van der Waals surface area contributed by atoms with Gasteiger partial charge in [-0.15, -0.1) is 0 Å². The van der Waals surface area contributed by atoms with Crippen molar-refractivity contribution >= 4 is 6.03 Å². The van der Waals surface area contributed by atoms with E-state index in [1.54, 1.807) is 6.20 Å². The lowest BCUT2D eigenvalue weighted by Gasteiger charge is -2.22. The Hall–Kier alpha value is -2.34. The molecule has 1 atom stereocenters. The molecule has 4 rings (SSSR count). The van der Waals surface area contributed by atoms with Gasteiger partial charge in [-0.3, -0.25) is 4.68 Å². The third kappa shape index (κ3) is 3.54. The summed E-state index contributed by atoms with van der Waals surface area (Å²) in [5.74, 6) is 0. The van der Waals surface area contributed by atoms with Crippen molar-refractivity contribution in [2.24, 2.45) is 5.41 Å². The van der Waals surface area contributed by atoms with Gasteiger partial charge in [0.25, 0.3) is 0 Å². The maximum atomic E-state index is 12.5. The largest absolute Gasteiger partial charge is 0.381 e. The van der Waals surface area contributed by atoms with Gasteiger partial charge >= 0.3 is 6.03 Å². The molecule has 1 aromatic heterocycles. The van der Waals surface area contributed by atoms with Crippen LogP contribution in [0.25, 0.3) is 0 Å². The predicted octanol–water partition coefficient (Wildman–Crippen LogP) is 2.25. The highest BCUT2D eigenvalue weighted by atomic mass is 16.5. The summed E-state index contributed by atoms with van der Waals surface area (Å²) in [7, 11) is 0. The minimum absolute atomic E-state index is 0.0256. The third-order valence-electron chi connectivity index (χ3n) is 5.35. The number of nitrogens with zero attached hydrogens (tertiary/aromatic N) is 3. The maximum absolute atomic E-state index is 12.5. The molecular weight excluding hydrogens is 316 g/mol. The van der Waals surface area contributed by atoms with E-state index < -0.39 is 0 Å². The number of nitrogens with one attached hydrogen (secondary N) is 1. The molecule has 2 aromatic rings. The molecule has 3 heterocycles. The normalized spacial score (nSPS) is 22.6. The van der Waals surface area contributed by atoms with Crippen LogP contribution in [0.1, 0.15) is 24.0 Å². The molecule has 2 saturated heterocycles. The van der Waals surface area contributed by atoms with Crippen LogP contribution in [0.3, 0.4) is 0 Å². The van der Waals surface area contributed by atoms with Crippen LogP contribution in [0.15, 0.2) is 42.7 Å². The van der Waals surface area contributed by atoms with Crippen molar-refractivity contribution in [3.05, 3.63) is 53.9 Å². The van der Waals surface area contributed by atoms with Crippen molar-refractivity contribution in [3.8, 4) is 0 Å². The van der Waals surface area contributed by atoms with E-state index in [1.165, 1.54) is 5.56 Å². The Balaban J connectivity index is 1.36. The van der Waals surface area contributed by atoms with Gasteiger partial charge in [0, 0.05) is 44.0 Å². The average Bonchev–Trinajstić information content (AvgIpc) is 3.38. The topological polar surface area (TPSA) is 59.4 Å². The summed E-state index contributed by atoms with van der Waals surface area (Å²) in [5, 5.41) is 7.34. The summed E-state index contributed by atoms with van der Waals surface area (Å²) < 4.78 is 7.43. The molecule has 1 spiro atoms. The minimum atomic E-state index is 0.0256. The Labute approximate surface area is 147 Å². The van der Waals surface area contributed by atoms with E-state index in [1.807, 2.05) is 34.0 Å². The zero-order chi connectivity index (χ0) is 17.1. The van der Waals surface area contributed by atoms with Crippen LogP contribution in [-0.4, -0.2) is 47.0 Å². The fraction of sp³-hybridized carbons (Fsp3) is 0.474. The molecule has 132 valence electrons. The third-order valence-corrected chi connectivity index (χ3v) is 5.35. The van der Waals surface area contributed by atoms with Crippen LogP contribution in [0.2, 0.25) is 0 Å². The number of hydrogen-bond donors (Lipinski definition) is 1. The van der Waals surface area contributed by atoms with Gasteiger partial charge in [0.05, 0.1) is 13.2 Å². The average molecular weight is 340 g/mol. The monoisotopic (exact) mass is 340 g/mol. The summed E-state index contributed by atoms with van der Waals surface area (Å²) in [5.41, 5.74) is 2.51. The van der Waals surface area contributed by atoms with Crippen LogP contribution in [-0.2, 0) is 17.8 Å². The Bertz CT molecular complexity index is 723. The summed E-state index contributed by atoms with van der Waals surface area (Å²) in [6, 6.07) is 10.1. The molecule has 25 heavy (non-hydrogen) atoms. The molecule has 6 nitrogen and oxygen atoms in total. The fourth-order valence-corrected chi connectivity index (χ4v) is 3.82. The predicted molar refractivity (Wildman–Crippen MR) is 94.1 cm³/mol. The zero-order valence-electron chi connectivity index (χ0n) is 14.4. The zero-order valence-corrected chi connectivity index (χ0v) is 14.4. The molecule has 2 aliphatic rings. The molecule has 0 aliphatic carbocycles. The second kappa shape index (κ2) is 6.88. The number of urea groups is 1. The van der Waals surface area contributed by atoms with Crippen LogP contribution in [0, 0.1) is 5.41 Å². The van der Waals surface area contributed by atoms with Crippen molar-refractivity contribution in [3.63, 3.8) is 0 Å². The van der Waals surface area contributed by atoms with Gasteiger partial charge in [-0.25, -0.2) is 4.79 Å². The molecule has 2 amide bonds. The highest BCUT2D eigenvalue weighted by Gasteiger charge is 2.42. The van der Waals surface area contributed by atoms with Crippen molar-refractivity contribution in [1.82, 2.24) is 20.0 Å². The van der Waals surface area contributed by atoms with Gasteiger partial charge in [-0.05, 0) is 30.0 Å². The number of aromatic nitrogens is 2. The lowest BCUT2D eigenvalue weighted by atomic mass is 9.87. The summed E-state index contributed by atoms with van der Waals surface area (Å²) in [4.78, 5) is 14.5. The molecular formula is C19H24N4O2. The first-order chi connectivity index (χ1) is 12.2. The number of carbonyl (C=O) groups excluding carboxylic acids is 1. The van der Waals surface area contributed by atoms with Crippen LogP contribution >= 0.6 is 0 Å². The van der Waals surface area contributed by atoms with Crippen LogP contribution in [0.5, 0.6) is 0 Å². The molecule has 0 radical (unpaired) electrons. The number of hydrogen-bond acceptors (Lipinski definition) is 3. The highest BCUT2D eigenvalue weighted by molar-refractivity contribution is 5.74. The SMILES string of the molecule is O=C(NCc1ccccc1Cn1cccn1)N1CCC2(CCOC2)C1. The Morgan fingerprint density at radius 3 is 2.88 bits per heavy atom. The lowest BCUT2D eigenvalue weighted by Crippen LogP contribution is -2.39. The van der Waals surface area contributed by atoms with E-state index in [4.69, 9.17) is 4.74 Å². The van der Waals surface area contributed by atoms with Gasteiger partial charge in [0.2, 0.25) is 0 Å². The molecule has 1 unspecified atom stereocenters. The number of benzene rings is 1. The molecule has 0 bridgehead atoms. The van der Waals surface area contributed by atoms with Crippen molar-refractivity contribution < 1.29 is 9.53 Å². The van der Waals surface area contributed by atoms with Gasteiger partial charge in [0.1, 0.15) is 0 Å². The van der Waals surface area contributed by atoms with Crippen molar-refractivity contribution in [2.45, 2.75) is 25.9 Å². The summed E-state index contributed by atoms with van der Waals surface area (Å²) in [6.07, 6.45) is 5.85. The first-order valence-electron chi connectivity index (χ1n) is 8.89. The summed E-state index contributed by atoms with van der Waals surface area (Å²) in [6.45, 7) is 4.51. The van der Waals surface area contributed by atoms with Gasteiger partial charge in [-0.2, -0.15) is 5.10 Å². The molecule has 2 aliphatic heterocycles. The van der Waals surface area contributed by atoms with Crippen LogP contribution < -0.4 is 5.32 Å². The van der Waals surface area contributed by atoms with Gasteiger partial charge in [-0.1, -0.05) is 24.3 Å². The molecule has 1 aromatic carbocycles. The Morgan fingerprint density at radius 1 is 1.24 bits per heavy atom. The second-order valence-electron chi connectivity index (χ2n) is 7.11. The molecule has 2 fully saturated rings. The van der Waals surface area contributed by atoms with E-state index in [9.17, 15) is 4.79 Å². The van der Waals surface area contributed by atoms with Crippen molar-refractivity contribution in [1.29, 1.82) is 0 Å². The maximum Gasteiger partial charge on any atom is 0.317 e. The summed E-state index contributed by atoms with van der Waals surface area (Å²) >= 11 is 0. The number of ether oxygens (including phenoxy) is 1. The quantitative estimate of drug-likeness (QED) is 0.929. The number of amides is 2. The Morgan fingerprint density at radius 2 is 2.12 bits per heavy atom. The standard InChI is InChI=1S/C19H24N4O2/c24-18(22-10-6-19(14-22)7-11-25-15-19)20-12-16-4-1-2-5-17(16)13-23-9-3-8-21-23/h1-5,8-9H,6-7,10-15H2,(H,20,24). The smallest absolute Gasteiger partial charge is 0.317 e. The fourth-order valence-electron chi connectivity index (χ4n) is 3.82. The van der Waals surface area contributed by atoms with Crippen LogP contribution in [0.4, 0.5) is 4.79 Å².